The Balaban J connectivity index is -0.000000187. The molecule has 14 heteroatoms. The molecule has 0 aliphatic rings. The number of hydrogen-bond acceptors (Lipinski definition) is 8. The summed E-state index contributed by atoms with van der Waals surface area (Å²) in [5.41, 5.74) is 5.12. The van der Waals surface area contributed by atoms with Gasteiger partial charge in [-0.15, -0.1) is 0 Å². The Labute approximate surface area is 289 Å². The second kappa shape index (κ2) is 20.5. The summed E-state index contributed by atoms with van der Waals surface area (Å²) in [6.07, 6.45) is -1.03. The van der Waals surface area contributed by atoms with Crippen LogP contribution in [0, 0.1) is 0 Å². The molecule has 0 bridgehead atoms. The molecule has 0 spiro atoms. The van der Waals surface area contributed by atoms with Crippen molar-refractivity contribution in [2.45, 2.75) is 18.6 Å². The van der Waals surface area contributed by atoms with Crippen molar-refractivity contribution in [2.75, 3.05) is 19.3 Å². The first-order valence-corrected chi connectivity index (χ1v) is 7.97. The maximum Gasteiger partial charge on any atom is 1.00 e. The fourth-order valence-corrected chi connectivity index (χ4v) is 2.52. The minimum Gasteiger partial charge on any atom is -0.811 e. The van der Waals surface area contributed by atoms with E-state index in [1.54, 1.807) is 0 Å². The summed E-state index contributed by atoms with van der Waals surface area (Å²) in [4.78, 5) is 42.0. The molecular formula is C6H14K4N2O6P2. The zero-order valence-electron chi connectivity index (χ0n) is 12.5. The average Bonchev–Trinajstić information content (AvgIpc) is 2.06. The van der Waals surface area contributed by atoms with Crippen LogP contribution in [-0.4, -0.2) is 25.0 Å². The van der Waals surface area contributed by atoms with Crippen LogP contribution >= 0.6 is 15.2 Å². The number of nitrogens with two attached hydrogens (primary N) is 1. The van der Waals surface area contributed by atoms with E-state index in [1.807, 2.05) is 0 Å². The number of hydrogen-bond donors (Lipinski definition) is 2. The van der Waals surface area contributed by atoms with Crippen molar-refractivity contribution in [2.24, 2.45) is 5.73 Å². The van der Waals surface area contributed by atoms with Crippen molar-refractivity contribution >= 4 is 15.2 Å². The van der Waals surface area contributed by atoms with Crippen LogP contribution in [0.1, 0.15) is 12.8 Å². The molecule has 3 N–H and O–H groups in total. The van der Waals surface area contributed by atoms with Crippen LogP contribution in [0.3, 0.4) is 0 Å². The molecule has 98 valence electrons. The SMILES string of the molecule is NCCNC(CCCP(=O)([O-])[O-])P(=O)([O-])[O-].[K+].[K+].[K+].[K+]. The molecule has 0 saturated carbocycles. The summed E-state index contributed by atoms with van der Waals surface area (Å²) in [5, 5.41) is 2.39. The third kappa shape index (κ3) is 24.8. The predicted molar refractivity (Wildman–Crippen MR) is 50.2 cm³/mol. The minimum absolute atomic E-state index is 0. The van der Waals surface area contributed by atoms with Gasteiger partial charge < -0.3 is 39.8 Å². The molecule has 0 heterocycles. The maximum absolute atomic E-state index is 10.7. The predicted octanol–water partition coefficient (Wildman–Crippen LogP) is -15.5. The van der Waals surface area contributed by atoms with E-state index < -0.39 is 27.1 Å². The molecule has 0 radical (unpaired) electrons. The molecule has 0 amide bonds. The molecule has 0 aromatic heterocycles. The molecule has 0 aliphatic carbocycles. The van der Waals surface area contributed by atoms with E-state index in [1.165, 1.54) is 0 Å². The van der Waals surface area contributed by atoms with Gasteiger partial charge in [-0.25, -0.2) is 0 Å². The zero-order valence-corrected chi connectivity index (χ0v) is 26.8. The molecule has 0 rings (SSSR count). The Morgan fingerprint density at radius 3 is 1.75 bits per heavy atom. The van der Waals surface area contributed by atoms with Crippen LogP contribution in [0.25, 0.3) is 0 Å². The minimum atomic E-state index is -4.85. The topological polar surface area (TPSA) is 164 Å². The van der Waals surface area contributed by atoms with E-state index in [-0.39, 0.29) is 231 Å². The van der Waals surface area contributed by atoms with Gasteiger partial charge in [-0.1, -0.05) is 15.2 Å². The summed E-state index contributed by atoms with van der Waals surface area (Å²) in [5.74, 6) is -1.37. The zero-order chi connectivity index (χ0) is 12.8. The van der Waals surface area contributed by atoms with Gasteiger partial charge in [0.25, 0.3) is 0 Å². The van der Waals surface area contributed by atoms with Gasteiger partial charge in [-0.3, -0.25) is 0 Å². The van der Waals surface area contributed by atoms with Gasteiger partial charge in [0.1, 0.15) is 0 Å². The Morgan fingerprint density at radius 1 is 1.00 bits per heavy atom. The molecule has 20 heavy (non-hydrogen) atoms. The van der Waals surface area contributed by atoms with E-state index in [9.17, 15) is 28.7 Å². The smallest absolute Gasteiger partial charge is 0.811 e. The number of nitrogens with one attached hydrogen (secondary N) is 1. The van der Waals surface area contributed by atoms with E-state index >= 15 is 0 Å². The molecular weight excluding hydrogens is 414 g/mol. The fourth-order valence-electron chi connectivity index (χ4n) is 1.10. The van der Waals surface area contributed by atoms with Crippen LogP contribution < -0.4 is 236 Å². The molecule has 8 nitrogen and oxygen atoms in total. The third-order valence-electron chi connectivity index (χ3n) is 1.82. The average molecular weight is 429 g/mol. The summed E-state index contributed by atoms with van der Waals surface area (Å²) in [7, 11) is -9.49. The molecule has 1 atom stereocenters. The molecule has 0 aromatic rings. The molecule has 0 saturated heterocycles. The molecule has 0 aromatic carbocycles. The van der Waals surface area contributed by atoms with Crippen LogP contribution in [0.5, 0.6) is 0 Å². The standard InChI is InChI=1S/C6H18N2O6P2.4K/c7-3-4-8-6(16(12,13)14)2-1-5-15(9,10)11;;;;/h6,8H,1-5,7H2,(H2,9,10,11)(H2,12,13,14);;;;/q;4*+1/p-4. The Morgan fingerprint density at radius 2 is 1.45 bits per heavy atom. The van der Waals surface area contributed by atoms with Gasteiger partial charge in [0.2, 0.25) is 0 Å². The second-order valence-electron chi connectivity index (χ2n) is 3.28. The third-order valence-corrected chi connectivity index (χ3v) is 3.88. The normalized spacial score (nSPS) is 12.1. The molecule has 0 fully saturated rings. The Kier molecular flexibility index (Phi) is 38.4. The second-order valence-corrected chi connectivity index (χ2v) is 6.65. The van der Waals surface area contributed by atoms with E-state index in [2.05, 4.69) is 5.32 Å². The van der Waals surface area contributed by atoms with Crippen LogP contribution in [0.2, 0.25) is 0 Å². The first kappa shape index (κ1) is 37.5. The van der Waals surface area contributed by atoms with Gasteiger partial charge in [0.15, 0.2) is 0 Å². The first-order chi connectivity index (χ1) is 7.17. The van der Waals surface area contributed by atoms with Crippen LogP contribution in [0.4, 0.5) is 0 Å². The van der Waals surface area contributed by atoms with E-state index in [0.29, 0.717) is 0 Å². The van der Waals surface area contributed by atoms with Crippen molar-refractivity contribution in [3.05, 3.63) is 0 Å². The Bertz CT molecular complexity index is 301. The van der Waals surface area contributed by atoms with Crippen molar-refractivity contribution in [1.82, 2.24) is 5.32 Å². The fraction of sp³-hybridized carbons (Fsp3) is 1.00. The molecule has 0 aliphatic heterocycles. The first-order valence-electron chi connectivity index (χ1n) is 4.63. The van der Waals surface area contributed by atoms with Gasteiger partial charge in [0.05, 0.1) is 0 Å². The van der Waals surface area contributed by atoms with Crippen molar-refractivity contribution in [3.63, 3.8) is 0 Å². The van der Waals surface area contributed by atoms with Crippen LogP contribution in [-0.2, 0) is 9.13 Å². The Hall–Kier alpha value is 6.77. The summed E-state index contributed by atoms with van der Waals surface area (Å²) >= 11 is 0. The summed E-state index contributed by atoms with van der Waals surface area (Å²) < 4.78 is 21.0. The largest absolute Gasteiger partial charge is 1.00 e. The number of rotatable bonds is 8. The maximum atomic E-state index is 10.7. The van der Waals surface area contributed by atoms with E-state index in [4.69, 9.17) is 5.73 Å². The van der Waals surface area contributed by atoms with Crippen LogP contribution in [0.15, 0.2) is 0 Å². The monoisotopic (exact) mass is 428 g/mol. The van der Waals surface area contributed by atoms with Crippen molar-refractivity contribution in [3.8, 4) is 0 Å². The van der Waals surface area contributed by atoms with E-state index in [0.717, 1.165) is 0 Å². The molecule has 1 unspecified atom stereocenters. The van der Waals surface area contributed by atoms with Gasteiger partial charge >= 0.3 is 206 Å². The van der Waals surface area contributed by atoms with Crippen molar-refractivity contribution in [1.29, 1.82) is 0 Å². The quantitative estimate of drug-likeness (QED) is 0.284. The van der Waals surface area contributed by atoms with Gasteiger partial charge in [-0.2, -0.15) is 0 Å². The van der Waals surface area contributed by atoms with Gasteiger partial charge in [0, 0.05) is 18.9 Å². The van der Waals surface area contributed by atoms with Gasteiger partial charge in [-0.05, 0) is 19.0 Å². The summed E-state index contributed by atoms with van der Waals surface area (Å²) in [6, 6.07) is 0. The summed E-state index contributed by atoms with van der Waals surface area (Å²) in [6.45, 7) is 0.281. The van der Waals surface area contributed by atoms with Crippen molar-refractivity contribution < 1.29 is 234 Å².